The molecule has 0 spiro atoms. The zero-order chi connectivity index (χ0) is 14.8. The van der Waals surface area contributed by atoms with E-state index in [1.54, 1.807) is 12.1 Å². The summed E-state index contributed by atoms with van der Waals surface area (Å²) in [5, 5.41) is 0.173. The third-order valence-electron chi connectivity index (χ3n) is 2.77. The van der Waals surface area contributed by atoms with E-state index in [0.29, 0.717) is 4.47 Å². The van der Waals surface area contributed by atoms with Crippen molar-refractivity contribution in [3.05, 3.63) is 27.7 Å². The lowest BCUT2D eigenvalue weighted by atomic mass is 9.88. The maximum absolute atomic E-state index is 12.4. The highest BCUT2D eigenvalue weighted by molar-refractivity contribution is 9.10. The molecule has 0 saturated carbocycles. The Labute approximate surface area is 127 Å². The number of nitrogens with one attached hydrogen (secondary N) is 1. The van der Waals surface area contributed by atoms with E-state index in [0.717, 1.165) is 0 Å². The maximum Gasteiger partial charge on any atom is 0.243 e. The largest absolute Gasteiger partial charge is 0.329 e. The van der Waals surface area contributed by atoms with Gasteiger partial charge in [-0.2, -0.15) is 0 Å². The first-order valence-electron chi connectivity index (χ1n) is 5.76. The van der Waals surface area contributed by atoms with E-state index in [-0.39, 0.29) is 27.9 Å². The Morgan fingerprint density at radius 3 is 2.42 bits per heavy atom. The molecule has 7 heteroatoms. The van der Waals surface area contributed by atoms with Gasteiger partial charge in [-0.25, -0.2) is 13.1 Å². The summed E-state index contributed by atoms with van der Waals surface area (Å²) < 4.78 is 27.9. The summed E-state index contributed by atoms with van der Waals surface area (Å²) in [7, 11) is -3.72. The van der Waals surface area contributed by atoms with Crippen LogP contribution < -0.4 is 10.5 Å². The zero-order valence-electron chi connectivity index (χ0n) is 11.1. The number of hydrogen-bond acceptors (Lipinski definition) is 3. The van der Waals surface area contributed by atoms with Crippen molar-refractivity contribution < 1.29 is 8.42 Å². The first kappa shape index (κ1) is 16.9. The van der Waals surface area contributed by atoms with Gasteiger partial charge in [-0.3, -0.25) is 0 Å². The summed E-state index contributed by atoms with van der Waals surface area (Å²) in [6.45, 7) is 5.99. The van der Waals surface area contributed by atoms with Crippen LogP contribution in [0.25, 0.3) is 0 Å². The van der Waals surface area contributed by atoms with Crippen molar-refractivity contribution in [3.8, 4) is 0 Å². The Morgan fingerprint density at radius 1 is 1.42 bits per heavy atom. The molecule has 1 aromatic carbocycles. The summed E-state index contributed by atoms with van der Waals surface area (Å²) in [6.07, 6.45) is 0. The van der Waals surface area contributed by atoms with Crippen molar-refractivity contribution in [2.75, 3.05) is 6.54 Å². The van der Waals surface area contributed by atoms with E-state index < -0.39 is 10.0 Å². The van der Waals surface area contributed by atoms with E-state index in [1.165, 1.54) is 6.07 Å². The van der Waals surface area contributed by atoms with Crippen LogP contribution in [0.1, 0.15) is 20.8 Å². The predicted octanol–water partition coefficient (Wildman–Crippen LogP) is 2.75. The van der Waals surface area contributed by atoms with Crippen molar-refractivity contribution >= 4 is 37.6 Å². The monoisotopic (exact) mass is 368 g/mol. The smallest absolute Gasteiger partial charge is 0.243 e. The molecule has 0 bridgehead atoms. The molecule has 0 aliphatic heterocycles. The molecule has 0 aliphatic rings. The second-order valence-corrected chi connectivity index (χ2v) is 8.24. The minimum absolute atomic E-state index is 0.0411. The van der Waals surface area contributed by atoms with Crippen LogP contribution in [0.5, 0.6) is 0 Å². The average Bonchev–Trinajstić information content (AvgIpc) is 2.23. The van der Waals surface area contributed by atoms with Gasteiger partial charge in [0.25, 0.3) is 0 Å². The SMILES string of the molecule is CC(C)(C)C(CN)NS(=O)(=O)c1c(Cl)cccc1Br. The normalized spacial score (nSPS) is 14.4. The van der Waals surface area contributed by atoms with Gasteiger partial charge in [0.05, 0.1) is 5.02 Å². The molecule has 0 amide bonds. The molecular weight excluding hydrogens is 352 g/mol. The molecule has 108 valence electrons. The summed E-state index contributed by atoms with van der Waals surface area (Å²) >= 11 is 9.18. The van der Waals surface area contributed by atoms with Gasteiger partial charge in [0.15, 0.2) is 0 Å². The first-order valence-corrected chi connectivity index (χ1v) is 8.41. The van der Waals surface area contributed by atoms with Crippen molar-refractivity contribution in [1.29, 1.82) is 0 Å². The number of rotatable bonds is 4. The molecule has 1 rings (SSSR count). The van der Waals surface area contributed by atoms with Crippen molar-refractivity contribution in [1.82, 2.24) is 4.72 Å². The standard InChI is InChI=1S/C12H18BrClN2O2S/c1-12(2,3)10(7-15)16-19(17,18)11-8(13)5-4-6-9(11)14/h4-6,10,16H,7,15H2,1-3H3. The summed E-state index contributed by atoms with van der Waals surface area (Å²) in [5.74, 6) is 0. The van der Waals surface area contributed by atoms with E-state index in [4.69, 9.17) is 17.3 Å². The van der Waals surface area contributed by atoms with Crippen LogP contribution in [0.15, 0.2) is 27.6 Å². The number of nitrogens with two attached hydrogens (primary N) is 1. The highest BCUT2D eigenvalue weighted by Crippen LogP contribution is 2.30. The summed E-state index contributed by atoms with van der Waals surface area (Å²) in [6, 6.07) is 4.47. The van der Waals surface area contributed by atoms with Gasteiger partial charge in [0.1, 0.15) is 4.90 Å². The van der Waals surface area contributed by atoms with Crippen molar-refractivity contribution in [2.24, 2.45) is 11.1 Å². The van der Waals surface area contributed by atoms with Gasteiger partial charge in [0.2, 0.25) is 10.0 Å². The Balaban J connectivity index is 3.19. The summed E-state index contributed by atoms with van der Waals surface area (Å²) in [4.78, 5) is 0.0411. The van der Waals surface area contributed by atoms with Crippen LogP contribution >= 0.6 is 27.5 Å². The fourth-order valence-corrected chi connectivity index (χ4v) is 4.75. The molecule has 1 atom stereocenters. The van der Waals surface area contributed by atoms with Gasteiger partial charge in [0, 0.05) is 17.1 Å². The number of hydrogen-bond donors (Lipinski definition) is 2. The topological polar surface area (TPSA) is 72.2 Å². The van der Waals surface area contributed by atoms with E-state index in [1.807, 2.05) is 20.8 Å². The quantitative estimate of drug-likeness (QED) is 0.857. The van der Waals surface area contributed by atoms with Gasteiger partial charge in [-0.1, -0.05) is 38.4 Å². The van der Waals surface area contributed by atoms with Gasteiger partial charge in [-0.05, 0) is 33.5 Å². The van der Waals surface area contributed by atoms with Gasteiger partial charge < -0.3 is 5.73 Å². The molecule has 0 radical (unpaired) electrons. The molecule has 19 heavy (non-hydrogen) atoms. The van der Waals surface area contributed by atoms with Crippen LogP contribution in [-0.4, -0.2) is 21.0 Å². The molecule has 4 nitrogen and oxygen atoms in total. The molecule has 0 aliphatic carbocycles. The molecule has 1 unspecified atom stereocenters. The highest BCUT2D eigenvalue weighted by Gasteiger charge is 2.30. The number of sulfonamides is 1. The second kappa shape index (κ2) is 6.10. The summed E-state index contributed by atoms with van der Waals surface area (Å²) in [5.41, 5.74) is 5.37. The molecule has 0 heterocycles. The molecule has 3 N–H and O–H groups in total. The molecule has 1 aromatic rings. The molecule has 0 saturated heterocycles. The van der Waals surface area contributed by atoms with Crippen molar-refractivity contribution in [3.63, 3.8) is 0 Å². The lowest BCUT2D eigenvalue weighted by molar-refractivity contribution is 0.304. The predicted molar refractivity (Wildman–Crippen MR) is 81.8 cm³/mol. The number of benzene rings is 1. The van der Waals surface area contributed by atoms with Gasteiger partial charge in [-0.15, -0.1) is 0 Å². The second-order valence-electron chi connectivity index (χ2n) is 5.33. The van der Waals surface area contributed by atoms with Crippen LogP contribution in [-0.2, 0) is 10.0 Å². The van der Waals surface area contributed by atoms with E-state index >= 15 is 0 Å². The van der Waals surface area contributed by atoms with Crippen molar-refractivity contribution in [2.45, 2.75) is 31.7 Å². The van der Waals surface area contributed by atoms with Crippen LogP contribution in [0.4, 0.5) is 0 Å². The Hall–Kier alpha value is -0.140. The lowest BCUT2D eigenvalue weighted by Gasteiger charge is -2.30. The molecular formula is C12H18BrClN2O2S. The van der Waals surface area contributed by atoms with Gasteiger partial charge >= 0.3 is 0 Å². The third-order valence-corrected chi connectivity index (χ3v) is 5.69. The fraction of sp³-hybridized carbons (Fsp3) is 0.500. The van der Waals surface area contributed by atoms with E-state index in [9.17, 15) is 8.42 Å². The molecule has 0 fully saturated rings. The Morgan fingerprint density at radius 2 is 2.00 bits per heavy atom. The highest BCUT2D eigenvalue weighted by atomic mass is 79.9. The van der Waals surface area contributed by atoms with Crippen LogP contribution in [0, 0.1) is 5.41 Å². The average molecular weight is 370 g/mol. The third kappa shape index (κ3) is 4.16. The lowest BCUT2D eigenvalue weighted by Crippen LogP contribution is -2.48. The van der Waals surface area contributed by atoms with E-state index in [2.05, 4.69) is 20.7 Å². The Bertz CT molecular complexity index is 535. The fourth-order valence-electron chi connectivity index (χ4n) is 1.56. The van der Waals surface area contributed by atoms with Crippen LogP contribution in [0.3, 0.4) is 0 Å². The molecule has 0 aromatic heterocycles. The minimum atomic E-state index is -3.72. The number of halogens is 2. The zero-order valence-corrected chi connectivity index (χ0v) is 14.2. The first-order chi connectivity index (χ1) is 8.59. The Kier molecular flexibility index (Phi) is 5.43. The van der Waals surface area contributed by atoms with Crippen LogP contribution in [0.2, 0.25) is 5.02 Å². The maximum atomic E-state index is 12.4. The minimum Gasteiger partial charge on any atom is -0.329 e.